The van der Waals surface area contributed by atoms with E-state index in [2.05, 4.69) is 16.3 Å². The standard InChI is InChI=1S/C24H31N3O3S/c1-30-21-8-3-2-7-19(21)20(26-12-4-5-13-26)17-25-23(28)18-10-14-27(15-11-18)24(29)22-9-6-16-31-22/h2-3,6-9,16,18,20H,4-5,10-15,17H2,1H3,(H,25,28). The van der Waals surface area contributed by atoms with Gasteiger partial charge >= 0.3 is 0 Å². The van der Waals surface area contributed by atoms with Gasteiger partial charge < -0.3 is 15.0 Å². The molecule has 1 aromatic carbocycles. The minimum atomic E-state index is -0.0377. The molecule has 1 aromatic heterocycles. The smallest absolute Gasteiger partial charge is 0.263 e. The Morgan fingerprint density at radius 1 is 1.10 bits per heavy atom. The molecule has 7 heteroatoms. The van der Waals surface area contributed by atoms with Crippen molar-refractivity contribution in [1.82, 2.24) is 15.1 Å². The van der Waals surface area contributed by atoms with Crippen molar-refractivity contribution in [2.75, 3.05) is 39.8 Å². The molecule has 0 radical (unpaired) electrons. The number of methoxy groups -OCH3 is 1. The Kier molecular flexibility index (Phi) is 7.25. The molecule has 31 heavy (non-hydrogen) atoms. The molecule has 2 amide bonds. The number of amides is 2. The lowest BCUT2D eigenvalue weighted by atomic mass is 9.95. The van der Waals surface area contributed by atoms with Crippen molar-refractivity contribution < 1.29 is 14.3 Å². The molecule has 0 spiro atoms. The molecule has 2 fully saturated rings. The van der Waals surface area contributed by atoms with Gasteiger partial charge in [-0.15, -0.1) is 11.3 Å². The van der Waals surface area contributed by atoms with Crippen molar-refractivity contribution in [3.05, 3.63) is 52.2 Å². The zero-order valence-electron chi connectivity index (χ0n) is 18.1. The van der Waals surface area contributed by atoms with Gasteiger partial charge in [0.2, 0.25) is 5.91 Å². The zero-order chi connectivity index (χ0) is 21.6. The lowest BCUT2D eigenvalue weighted by molar-refractivity contribution is -0.126. The number of nitrogens with zero attached hydrogens (tertiary/aromatic N) is 2. The maximum absolute atomic E-state index is 12.9. The highest BCUT2D eigenvalue weighted by atomic mass is 32.1. The molecule has 3 heterocycles. The molecule has 4 rings (SSSR count). The summed E-state index contributed by atoms with van der Waals surface area (Å²) < 4.78 is 5.60. The van der Waals surface area contributed by atoms with Crippen LogP contribution in [0.3, 0.4) is 0 Å². The van der Waals surface area contributed by atoms with Crippen LogP contribution in [0.1, 0.15) is 47.0 Å². The summed E-state index contributed by atoms with van der Waals surface area (Å²) >= 11 is 1.47. The number of thiophene rings is 1. The first-order valence-electron chi connectivity index (χ1n) is 11.1. The molecule has 1 unspecified atom stereocenters. The van der Waals surface area contributed by atoms with E-state index in [4.69, 9.17) is 4.74 Å². The lowest BCUT2D eigenvalue weighted by Crippen LogP contribution is -2.44. The highest BCUT2D eigenvalue weighted by Crippen LogP contribution is 2.31. The maximum atomic E-state index is 12.9. The van der Waals surface area contributed by atoms with Gasteiger partial charge in [0.25, 0.3) is 5.91 Å². The third kappa shape index (κ3) is 5.10. The fourth-order valence-corrected chi connectivity index (χ4v) is 5.36. The largest absolute Gasteiger partial charge is 0.496 e. The fourth-order valence-electron chi connectivity index (χ4n) is 4.67. The number of rotatable bonds is 7. The number of carbonyl (C=O) groups is 2. The molecular weight excluding hydrogens is 410 g/mol. The average Bonchev–Trinajstić information content (AvgIpc) is 3.54. The molecule has 1 atom stereocenters. The second-order valence-corrected chi connectivity index (χ2v) is 9.24. The van der Waals surface area contributed by atoms with Crippen LogP contribution >= 0.6 is 11.3 Å². The van der Waals surface area contributed by atoms with Crippen molar-refractivity contribution >= 4 is 23.2 Å². The predicted octanol–water partition coefficient (Wildman–Crippen LogP) is 3.56. The number of hydrogen-bond donors (Lipinski definition) is 1. The van der Waals surface area contributed by atoms with Gasteiger partial charge in [-0.05, 0) is 56.3 Å². The molecule has 0 aliphatic carbocycles. The topological polar surface area (TPSA) is 61.9 Å². The summed E-state index contributed by atoms with van der Waals surface area (Å²) in [6.45, 7) is 3.94. The van der Waals surface area contributed by atoms with E-state index in [1.807, 2.05) is 40.6 Å². The first-order chi connectivity index (χ1) is 15.2. The summed E-state index contributed by atoms with van der Waals surface area (Å²) in [5, 5.41) is 5.14. The summed E-state index contributed by atoms with van der Waals surface area (Å²) in [7, 11) is 1.70. The van der Waals surface area contributed by atoms with Crippen molar-refractivity contribution in [2.45, 2.75) is 31.7 Å². The average molecular weight is 442 g/mol. The highest BCUT2D eigenvalue weighted by Gasteiger charge is 2.30. The molecule has 2 aliphatic rings. The van der Waals surface area contributed by atoms with Gasteiger partial charge in [0.15, 0.2) is 0 Å². The fraction of sp³-hybridized carbons (Fsp3) is 0.500. The molecule has 0 bridgehead atoms. The minimum Gasteiger partial charge on any atom is -0.496 e. The van der Waals surface area contributed by atoms with Crippen LogP contribution < -0.4 is 10.1 Å². The van der Waals surface area contributed by atoms with E-state index in [1.165, 1.54) is 24.2 Å². The van der Waals surface area contributed by atoms with E-state index in [0.717, 1.165) is 29.3 Å². The Balaban J connectivity index is 1.34. The normalized spacial score (nSPS) is 18.7. The number of likely N-dealkylation sites (tertiary alicyclic amines) is 2. The zero-order valence-corrected chi connectivity index (χ0v) is 18.9. The molecule has 2 saturated heterocycles. The Morgan fingerprint density at radius 2 is 1.84 bits per heavy atom. The summed E-state index contributed by atoms with van der Waals surface area (Å²) in [5.41, 5.74) is 1.13. The predicted molar refractivity (Wildman–Crippen MR) is 122 cm³/mol. The summed E-state index contributed by atoms with van der Waals surface area (Å²) in [4.78, 5) is 30.6. The van der Waals surface area contributed by atoms with Gasteiger partial charge in [0.05, 0.1) is 18.0 Å². The number of nitrogens with one attached hydrogen (secondary N) is 1. The summed E-state index contributed by atoms with van der Waals surface area (Å²) in [6, 6.07) is 12.0. The molecule has 2 aliphatic heterocycles. The first kappa shape index (κ1) is 21.8. The number of para-hydroxylation sites is 1. The van der Waals surface area contributed by atoms with E-state index in [0.29, 0.717) is 32.5 Å². The van der Waals surface area contributed by atoms with E-state index in [1.54, 1.807) is 7.11 Å². The second-order valence-electron chi connectivity index (χ2n) is 8.29. The molecule has 1 N–H and O–H groups in total. The number of hydrogen-bond acceptors (Lipinski definition) is 5. The second kappa shape index (κ2) is 10.3. The van der Waals surface area contributed by atoms with Gasteiger partial charge in [0, 0.05) is 31.1 Å². The van der Waals surface area contributed by atoms with Gasteiger partial charge in [-0.2, -0.15) is 0 Å². The van der Waals surface area contributed by atoms with Crippen LogP contribution in [-0.2, 0) is 4.79 Å². The monoisotopic (exact) mass is 441 g/mol. The SMILES string of the molecule is COc1ccccc1C(CNC(=O)C1CCN(C(=O)c2cccs2)CC1)N1CCCC1. The van der Waals surface area contributed by atoms with Crippen LogP contribution in [0, 0.1) is 5.92 Å². The van der Waals surface area contributed by atoms with Gasteiger partial charge in [0.1, 0.15) is 5.75 Å². The van der Waals surface area contributed by atoms with Crippen molar-refractivity contribution in [2.24, 2.45) is 5.92 Å². The van der Waals surface area contributed by atoms with Gasteiger partial charge in [-0.1, -0.05) is 24.3 Å². The number of carbonyl (C=O) groups excluding carboxylic acids is 2. The van der Waals surface area contributed by atoms with Crippen molar-refractivity contribution in [3.63, 3.8) is 0 Å². The third-order valence-corrected chi connectivity index (χ3v) is 7.29. The number of piperidine rings is 1. The third-order valence-electron chi connectivity index (χ3n) is 6.43. The van der Waals surface area contributed by atoms with E-state index in [9.17, 15) is 9.59 Å². The van der Waals surface area contributed by atoms with E-state index in [-0.39, 0.29) is 23.8 Å². The highest BCUT2D eigenvalue weighted by molar-refractivity contribution is 7.12. The molecular formula is C24H31N3O3S. The van der Waals surface area contributed by atoms with Crippen LogP contribution in [0.5, 0.6) is 5.75 Å². The number of benzene rings is 1. The molecule has 6 nitrogen and oxygen atoms in total. The van der Waals surface area contributed by atoms with Gasteiger partial charge in [-0.3, -0.25) is 14.5 Å². The molecule has 166 valence electrons. The minimum absolute atomic E-state index is 0.0377. The van der Waals surface area contributed by atoms with E-state index < -0.39 is 0 Å². The first-order valence-corrected chi connectivity index (χ1v) is 12.0. The molecule has 0 saturated carbocycles. The van der Waals surface area contributed by atoms with Crippen molar-refractivity contribution in [1.29, 1.82) is 0 Å². The maximum Gasteiger partial charge on any atom is 0.263 e. The lowest BCUT2D eigenvalue weighted by Gasteiger charge is -2.33. The van der Waals surface area contributed by atoms with Crippen LogP contribution in [0.25, 0.3) is 0 Å². The van der Waals surface area contributed by atoms with Crippen LogP contribution in [-0.4, -0.2) is 61.4 Å². The quantitative estimate of drug-likeness (QED) is 0.714. The Bertz CT molecular complexity index is 872. The Labute approximate surface area is 188 Å². The van der Waals surface area contributed by atoms with Gasteiger partial charge in [-0.25, -0.2) is 0 Å². The molecule has 2 aromatic rings. The van der Waals surface area contributed by atoms with Crippen LogP contribution in [0.4, 0.5) is 0 Å². The van der Waals surface area contributed by atoms with E-state index >= 15 is 0 Å². The van der Waals surface area contributed by atoms with Crippen molar-refractivity contribution in [3.8, 4) is 5.75 Å². The number of ether oxygens (including phenoxy) is 1. The summed E-state index contributed by atoms with van der Waals surface area (Å²) in [5.74, 6) is 1.01. The Morgan fingerprint density at radius 3 is 2.52 bits per heavy atom. The Hall–Kier alpha value is -2.38. The van der Waals surface area contributed by atoms with Crippen LogP contribution in [0.15, 0.2) is 41.8 Å². The summed E-state index contributed by atoms with van der Waals surface area (Å²) in [6.07, 6.45) is 3.81. The van der Waals surface area contributed by atoms with Crippen LogP contribution in [0.2, 0.25) is 0 Å².